The van der Waals surface area contributed by atoms with E-state index in [2.05, 4.69) is 25.6 Å². The van der Waals surface area contributed by atoms with E-state index in [9.17, 15) is 18.0 Å². The predicted octanol–water partition coefficient (Wildman–Crippen LogP) is 4.32. The van der Waals surface area contributed by atoms with Crippen LogP contribution in [0.25, 0.3) is 10.6 Å². The van der Waals surface area contributed by atoms with Crippen molar-refractivity contribution in [3.05, 3.63) is 58.6 Å². The Balaban J connectivity index is 1.37. The van der Waals surface area contributed by atoms with E-state index in [1.807, 2.05) is 13.0 Å². The Labute approximate surface area is 215 Å². The Kier molecular flexibility index (Phi) is 7.15. The molecule has 2 aromatic heterocycles. The molecule has 0 radical (unpaired) electrons. The molecule has 2 aliphatic rings. The zero-order chi connectivity index (χ0) is 26.2. The van der Waals surface area contributed by atoms with Crippen molar-refractivity contribution in [1.82, 2.24) is 25.6 Å². The molecule has 8 nitrogen and oxygen atoms in total. The molecule has 37 heavy (non-hydrogen) atoms. The summed E-state index contributed by atoms with van der Waals surface area (Å²) in [5.74, 6) is -1.11. The molecule has 1 amide bonds. The van der Waals surface area contributed by atoms with Gasteiger partial charge >= 0.3 is 6.18 Å². The minimum absolute atomic E-state index is 0.0588. The van der Waals surface area contributed by atoms with Gasteiger partial charge in [-0.25, -0.2) is 15.0 Å². The van der Waals surface area contributed by atoms with Crippen LogP contribution < -0.4 is 15.4 Å². The first-order valence-electron chi connectivity index (χ1n) is 12.0. The summed E-state index contributed by atoms with van der Waals surface area (Å²) in [6.45, 7) is 5.05. The lowest BCUT2D eigenvalue weighted by Crippen LogP contribution is -2.49. The SMILES string of the molecule is Cc1cnc(-c2cc(O[C@H]3CC[C@@H]4NCCO[C@H]43)cc(C(=O)N[C@H](C)c3cnc(C(F)(F)F)nc3)c2)s1. The van der Waals surface area contributed by atoms with Gasteiger partial charge in [-0.1, -0.05) is 0 Å². The summed E-state index contributed by atoms with van der Waals surface area (Å²) in [6, 6.07) is 4.89. The van der Waals surface area contributed by atoms with Crippen LogP contribution in [0.2, 0.25) is 0 Å². The van der Waals surface area contributed by atoms with Gasteiger partial charge in [-0.15, -0.1) is 11.3 Å². The lowest BCUT2D eigenvalue weighted by Gasteiger charge is -2.30. The van der Waals surface area contributed by atoms with E-state index in [0.29, 0.717) is 23.5 Å². The van der Waals surface area contributed by atoms with Gasteiger partial charge < -0.3 is 20.1 Å². The van der Waals surface area contributed by atoms with Crippen molar-refractivity contribution < 1.29 is 27.4 Å². The third kappa shape index (κ3) is 5.76. The first-order valence-corrected chi connectivity index (χ1v) is 12.8. The summed E-state index contributed by atoms with van der Waals surface area (Å²) in [5.41, 5.74) is 1.43. The van der Waals surface area contributed by atoms with Crippen molar-refractivity contribution in [3.8, 4) is 16.3 Å². The minimum Gasteiger partial charge on any atom is -0.488 e. The van der Waals surface area contributed by atoms with Crippen molar-refractivity contribution in [1.29, 1.82) is 0 Å². The van der Waals surface area contributed by atoms with Crippen LogP contribution in [0.15, 0.2) is 36.8 Å². The van der Waals surface area contributed by atoms with Crippen LogP contribution in [-0.2, 0) is 10.9 Å². The second kappa shape index (κ2) is 10.3. The van der Waals surface area contributed by atoms with E-state index in [1.165, 1.54) is 11.3 Å². The number of fused-ring (bicyclic) bond motifs is 1. The summed E-state index contributed by atoms with van der Waals surface area (Å²) < 4.78 is 50.7. The normalized spacial score (nSPS) is 22.4. The standard InChI is InChI=1S/C25H26F3N5O3S/c1-13-10-30-23(37-13)16-7-15(8-18(9-16)36-20-4-3-19-21(20)35-6-5-29-19)22(34)33-14(2)17-11-31-24(32-12-17)25(26,27)28/h7-12,14,19-21,29H,3-6H2,1-2H3,(H,33,34)/t14-,19+,20+,21-/m1/s1. The van der Waals surface area contributed by atoms with Gasteiger partial charge in [0, 0.05) is 52.7 Å². The van der Waals surface area contributed by atoms with Crippen LogP contribution in [0.5, 0.6) is 5.75 Å². The number of hydrogen-bond acceptors (Lipinski definition) is 8. The van der Waals surface area contributed by atoms with E-state index in [1.54, 1.807) is 25.3 Å². The number of nitrogens with zero attached hydrogens (tertiary/aromatic N) is 3. The van der Waals surface area contributed by atoms with Crippen LogP contribution in [-0.4, -0.2) is 52.3 Å². The molecule has 4 atom stereocenters. The lowest BCUT2D eigenvalue weighted by molar-refractivity contribution is -0.145. The highest BCUT2D eigenvalue weighted by atomic mass is 32.1. The number of alkyl halides is 3. The number of ether oxygens (including phenoxy) is 2. The van der Waals surface area contributed by atoms with E-state index in [4.69, 9.17) is 9.47 Å². The second-order valence-electron chi connectivity index (χ2n) is 9.18. The van der Waals surface area contributed by atoms with E-state index < -0.39 is 23.9 Å². The molecule has 1 aliphatic heterocycles. The van der Waals surface area contributed by atoms with Crippen LogP contribution >= 0.6 is 11.3 Å². The number of aromatic nitrogens is 3. The lowest BCUT2D eigenvalue weighted by atomic mass is 10.1. The molecule has 0 spiro atoms. The number of thiazole rings is 1. The van der Waals surface area contributed by atoms with Gasteiger partial charge in [-0.05, 0) is 44.9 Å². The number of nitrogens with one attached hydrogen (secondary N) is 2. The fourth-order valence-electron chi connectivity index (χ4n) is 4.59. The number of amides is 1. The van der Waals surface area contributed by atoms with E-state index in [0.717, 1.165) is 47.2 Å². The molecule has 3 heterocycles. The third-order valence-electron chi connectivity index (χ3n) is 6.44. The summed E-state index contributed by atoms with van der Waals surface area (Å²) in [7, 11) is 0. The topological polar surface area (TPSA) is 98.3 Å². The van der Waals surface area contributed by atoms with Crippen molar-refractivity contribution in [2.24, 2.45) is 0 Å². The quantitative estimate of drug-likeness (QED) is 0.487. The number of aryl methyl sites for hydroxylation is 1. The highest BCUT2D eigenvalue weighted by Gasteiger charge is 2.40. The highest BCUT2D eigenvalue weighted by Crippen LogP contribution is 2.33. The van der Waals surface area contributed by atoms with Crippen LogP contribution in [0, 0.1) is 6.92 Å². The fourth-order valence-corrected chi connectivity index (χ4v) is 5.35. The Morgan fingerprint density at radius 1 is 1.19 bits per heavy atom. The van der Waals surface area contributed by atoms with Gasteiger partial charge in [0.25, 0.3) is 5.91 Å². The Bertz CT molecular complexity index is 1270. The Morgan fingerprint density at radius 2 is 1.97 bits per heavy atom. The molecule has 12 heteroatoms. The van der Waals surface area contributed by atoms with Crippen LogP contribution in [0.4, 0.5) is 13.2 Å². The average molecular weight is 534 g/mol. The molecule has 5 rings (SSSR count). The monoisotopic (exact) mass is 533 g/mol. The molecule has 196 valence electrons. The number of morpholine rings is 1. The molecule has 3 aromatic rings. The summed E-state index contributed by atoms with van der Waals surface area (Å²) in [5, 5.41) is 7.03. The molecule has 0 unspecified atom stereocenters. The molecular formula is C25H26F3N5O3S. The Hall–Kier alpha value is -3.09. The summed E-state index contributed by atoms with van der Waals surface area (Å²) in [4.78, 5) is 25.5. The maximum absolute atomic E-state index is 13.2. The number of hydrogen-bond donors (Lipinski definition) is 2. The molecule has 1 aromatic carbocycles. The third-order valence-corrected chi connectivity index (χ3v) is 7.40. The van der Waals surface area contributed by atoms with Gasteiger partial charge in [-0.3, -0.25) is 4.79 Å². The molecule has 1 saturated carbocycles. The van der Waals surface area contributed by atoms with Gasteiger partial charge in [-0.2, -0.15) is 13.2 Å². The fraction of sp³-hybridized carbons (Fsp3) is 0.440. The maximum atomic E-state index is 13.2. The summed E-state index contributed by atoms with van der Waals surface area (Å²) in [6.07, 6.45) is 0.840. The molecule has 2 fully saturated rings. The summed E-state index contributed by atoms with van der Waals surface area (Å²) >= 11 is 1.50. The van der Waals surface area contributed by atoms with Crippen molar-refractivity contribution >= 4 is 17.2 Å². The van der Waals surface area contributed by atoms with E-state index in [-0.39, 0.29) is 18.2 Å². The molecule has 1 saturated heterocycles. The number of benzene rings is 1. The number of halogens is 3. The zero-order valence-corrected chi connectivity index (χ0v) is 21.0. The minimum atomic E-state index is -4.63. The van der Waals surface area contributed by atoms with Gasteiger partial charge in [0.05, 0.1) is 12.6 Å². The first kappa shape index (κ1) is 25.6. The smallest absolute Gasteiger partial charge is 0.451 e. The zero-order valence-electron chi connectivity index (χ0n) is 20.2. The average Bonchev–Trinajstić information content (AvgIpc) is 3.50. The molecule has 2 N–H and O–H groups in total. The van der Waals surface area contributed by atoms with Crippen LogP contribution in [0.3, 0.4) is 0 Å². The predicted molar refractivity (Wildman–Crippen MR) is 130 cm³/mol. The number of carbonyl (C=O) groups excluding carboxylic acids is 1. The van der Waals surface area contributed by atoms with Crippen molar-refractivity contribution in [2.45, 2.75) is 57.2 Å². The van der Waals surface area contributed by atoms with Gasteiger partial charge in [0.1, 0.15) is 23.0 Å². The molecule has 0 bridgehead atoms. The first-order chi connectivity index (χ1) is 17.7. The van der Waals surface area contributed by atoms with Gasteiger partial charge in [0.2, 0.25) is 5.82 Å². The molecular weight excluding hydrogens is 507 g/mol. The second-order valence-corrected chi connectivity index (χ2v) is 10.4. The van der Waals surface area contributed by atoms with Crippen molar-refractivity contribution in [3.63, 3.8) is 0 Å². The van der Waals surface area contributed by atoms with E-state index >= 15 is 0 Å². The Morgan fingerprint density at radius 3 is 2.68 bits per heavy atom. The van der Waals surface area contributed by atoms with Crippen molar-refractivity contribution in [2.75, 3.05) is 13.2 Å². The highest BCUT2D eigenvalue weighted by molar-refractivity contribution is 7.14. The maximum Gasteiger partial charge on any atom is 0.451 e. The number of rotatable bonds is 6. The van der Waals surface area contributed by atoms with Gasteiger partial charge in [0.15, 0.2) is 0 Å². The molecule has 1 aliphatic carbocycles. The van der Waals surface area contributed by atoms with Crippen LogP contribution in [0.1, 0.15) is 52.4 Å². The number of carbonyl (C=O) groups is 1. The largest absolute Gasteiger partial charge is 0.488 e.